The molecule has 2 aromatic carbocycles. The summed E-state index contributed by atoms with van der Waals surface area (Å²) < 4.78 is 5.73. The molecule has 0 spiro atoms. The molecular weight excluding hydrogens is 410 g/mol. The lowest BCUT2D eigenvalue weighted by Gasteiger charge is -2.11. The summed E-state index contributed by atoms with van der Waals surface area (Å²) in [6.45, 7) is 3.66. The van der Waals surface area contributed by atoms with E-state index < -0.39 is 0 Å². The van der Waals surface area contributed by atoms with E-state index in [4.69, 9.17) is 14.6 Å². The maximum atomic E-state index is 9.49. The van der Waals surface area contributed by atoms with Crippen molar-refractivity contribution in [2.45, 2.75) is 38.8 Å². The molecule has 0 fully saturated rings. The number of aromatic nitrogens is 1. The van der Waals surface area contributed by atoms with E-state index in [1.54, 1.807) is 11.3 Å². The van der Waals surface area contributed by atoms with Crippen LogP contribution in [0.25, 0.3) is 21.0 Å². The van der Waals surface area contributed by atoms with Crippen LogP contribution in [0.2, 0.25) is 0 Å². The van der Waals surface area contributed by atoms with Crippen LogP contribution in [0.5, 0.6) is 5.75 Å². The van der Waals surface area contributed by atoms with Gasteiger partial charge in [0.05, 0.1) is 16.5 Å². The van der Waals surface area contributed by atoms with E-state index in [9.17, 15) is 5.26 Å². The number of hydrogen-bond donors (Lipinski definition) is 2. The minimum Gasteiger partial charge on any atom is -0.490 e. The number of nitrogens with zero attached hydrogens (tertiary/aromatic N) is 2. The van der Waals surface area contributed by atoms with Gasteiger partial charge in [-0.05, 0) is 68.6 Å². The lowest BCUT2D eigenvalue weighted by molar-refractivity contribution is -0.122. The van der Waals surface area contributed by atoms with Crippen molar-refractivity contribution in [3.05, 3.63) is 59.3 Å². The summed E-state index contributed by atoms with van der Waals surface area (Å²) in [5, 5.41) is 20.7. The highest BCUT2D eigenvalue weighted by atomic mass is 32.1. The Labute approximate surface area is 186 Å². The molecule has 0 saturated carbocycles. The third kappa shape index (κ3) is 4.93. The third-order valence-corrected chi connectivity index (χ3v) is 6.18. The zero-order valence-electron chi connectivity index (χ0n) is 17.8. The third-order valence-electron chi connectivity index (χ3n) is 5.10. The summed E-state index contributed by atoms with van der Waals surface area (Å²) in [6.07, 6.45) is 4.21. The molecule has 4 rings (SSSR count). The molecule has 3 aromatic rings. The zero-order valence-corrected chi connectivity index (χ0v) is 18.6. The molecule has 0 radical (unpaired) electrons. The van der Waals surface area contributed by atoms with Gasteiger partial charge in [0.25, 0.3) is 6.47 Å². The summed E-state index contributed by atoms with van der Waals surface area (Å²) >= 11 is 1.67. The second-order valence-electron chi connectivity index (χ2n) is 7.38. The standard InChI is InChI=1S/C23H23N3OS.CH2O2/c1-14(2)27-21-10-7-15(11-16(21)12-24)23-26-13-22(28-23)19-6-4-5-18-17(19)8-9-20(18)25-3;2-1-3/h4-7,10-11,13-14,20,25H,8-9H2,1-3H3;1H,(H,2,3). The Hall–Kier alpha value is -3.21. The van der Waals surface area contributed by atoms with Gasteiger partial charge in [0.2, 0.25) is 0 Å². The van der Waals surface area contributed by atoms with Gasteiger partial charge >= 0.3 is 0 Å². The van der Waals surface area contributed by atoms with Gasteiger partial charge in [0, 0.05) is 17.8 Å². The van der Waals surface area contributed by atoms with E-state index >= 15 is 0 Å². The fraction of sp³-hybridized carbons (Fsp3) is 0.292. The molecule has 0 saturated heterocycles. The molecule has 2 N–H and O–H groups in total. The average molecular weight is 436 g/mol. The lowest BCUT2D eigenvalue weighted by atomic mass is 10.0. The second-order valence-corrected chi connectivity index (χ2v) is 8.41. The zero-order chi connectivity index (χ0) is 22.4. The first kappa shape index (κ1) is 22.5. The molecule has 0 aliphatic heterocycles. The number of carboxylic acid groups (broad SMARTS) is 1. The van der Waals surface area contributed by atoms with E-state index in [-0.39, 0.29) is 12.6 Å². The van der Waals surface area contributed by atoms with Crippen molar-refractivity contribution in [1.82, 2.24) is 10.3 Å². The number of benzene rings is 2. The molecule has 0 amide bonds. The van der Waals surface area contributed by atoms with Gasteiger partial charge in [-0.2, -0.15) is 5.26 Å². The lowest BCUT2D eigenvalue weighted by Crippen LogP contribution is -2.12. The monoisotopic (exact) mass is 435 g/mol. The van der Waals surface area contributed by atoms with Crippen molar-refractivity contribution in [2.24, 2.45) is 0 Å². The minimum absolute atomic E-state index is 0.0334. The largest absolute Gasteiger partial charge is 0.490 e. The first-order chi connectivity index (χ1) is 15.0. The molecule has 6 nitrogen and oxygen atoms in total. The summed E-state index contributed by atoms with van der Waals surface area (Å²) in [6, 6.07) is 14.9. The van der Waals surface area contributed by atoms with Crippen molar-refractivity contribution in [2.75, 3.05) is 7.05 Å². The van der Waals surface area contributed by atoms with Crippen LogP contribution < -0.4 is 10.1 Å². The first-order valence-electron chi connectivity index (χ1n) is 10.1. The van der Waals surface area contributed by atoms with Crippen molar-refractivity contribution >= 4 is 17.8 Å². The SMILES string of the molecule is CNC1CCc2c(-c3cnc(-c4ccc(OC(C)C)c(C#N)c4)s3)cccc21.O=CO. The van der Waals surface area contributed by atoms with Crippen LogP contribution in [0.4, 0.5) is 0 Å². The van der Waals surface area contributed by atoms with E-state index in [0.29, 0.717) is 17.4 Å². The molecule has 0 bridgehead atoms. The molecule has 160 valence electrons. The Balaban J connectivity index is 0.000000858. The van der Waals surface area contributed by atoms with E-state index in [0.717, 1.165) is 23.4 Å². The van der Waals surface area contributed by atoms with E-state index in [1.807, 2.05) is 45.3 Å². The molecule has 1 aromatic heterocycles. The van der Waals surface area contributed by atoms with Crippen LogP contribution in [-0.2, 0) is 11.2 Å². The predicted molar refractivity (Wildman–Crippen MR) is 122 cm³/mol. The molecule has 1 unspecified atom stereocenters. The number of rotatable bonds is 5. The van der Waals surface area contributed by atoms with Crippen molar-refractivity contribution in [3.8, 4) is 32.8 Å². The van der Waals surface area contributed by atoms with E-state index in [2.05, 4.69) is 34.6 Å². The van der Waals surface area contributed by atoms with Crippen LogP contribution in [-0.4, -0.2) is 29.7 Å². The number of nitriles is 1. The normalized spacial score (nSPS) is 14.4. The van der Waals surface area contributed by atoms with Gasteiger partial charge in [-0.3, -0.25) is 4.79 Å². The fourth-order valence-electron chi connectivity index (χ4n) is 3.82. The maximum absolute atomic E-state index is 9.49. The van der Waals surface area contributed by atoms with Crippen molar-refractivity contribution in [1.29, 1.82) is 5.26 Å². The topological polar surface area (TPSA) is 95.2 Å². The number of nitrogens with one attached hydrogen (secondary N) is 1. The highest BCUT2D eigenvalue weighted by Gasteiger charge is 2.24. The van der Waals surface area contributed by atoms with Crippen LogP contribution >= 0.6 is 11.3 Å². The number of ether oxygens (including phenoxy) is 1. The van der Waals surface area contributed by atoms with Crippen LogP contribution in [0.3, 0.4) is 0 Å². The number of carbonyl (C=O) groups is 1. The maximum Gasteiger partial charge on any atom is 0.290 e. The Morgan fingerprint density at radius 1 is 1.35 bits per heavy atom. The van der Waals surface area contributed by atoms with Gasteiger partial charge in [0.1, 0.15) is 16.8 Å². The molecular formula is C24H25N3O3S. The smallest absolute Gasteiger partial charge is 0.290 e. The van der Waals surface area contributed by atoms with Crippen LogP contribution in [0.1, 0.15) is 43.0 Å². The van der Waals surface area contributed by atoms with Crippen LogP contribution in [0.15, 0.2) is 42.6 Å². The van der Waals surface area contributed by atoms with Crippen LogP contribution in [0, 0.1) is 11.3 Å². The van der Waals surface area contributed by atoms with Gasteiger partial charge in [-0.1, -0.05) is 18.2 Å². The fourth-order valence-corrected chi connectivity index (χ4v) is 4.79. The Morgan fingerprint density at radius 2 is 2.13 bits per heavy atom. The Bertz CT molecular complexity index is 1100. The predicted octanol–water partition coefficient (Wildman–Crippen LogP) is 5.04. The molecule has 1 heterocycles. The Morgan fingerprint density at radius 3 is 2.81 bits per heavy atom. The second kappa shape index (κ2) is 10.2. The number of hydrogen-bond acceptors (Lipinski definition) is 6. The van der Waals surface area contributed by atoms with Gasteiger partial charge in [-0.15, -0.1) is 11.3 Å². The molecule has 1 aliphatic carbocycles. The molecule has 1 aliphatic rings. The van der Waals surface area contributed by atoms with E-state index in [1.165, 1.54) is 21.6 Å². The highest BCUT2D eigenvalue weighted by molar-refractivity contribution is 7.18. The Kier molecular flexibility index (Phi) is 7.40. The van der Waals surface area contributed by atoms with Gasteiger partial charge in [-0.25, -0.2) is 4.98 Å². The number of fused-ring (bicyclic) bond motifs is 1. The average Bonchev–Trinajstić information content (AvgIpc) is 3.41. The highest BCUT2D eigenvalue weighted by Crippen LogP contribution is 2.41. The van der Waals surface area contributed by atoms with Gasteiger partial charge in [0.15, 0.2) is 0 Å². The minimum atomic E-state index is -0.250. The quantitative estimate of drug-likeness (QED) is 0.545. The molecule has 1 atom stereocenters. The molecule has 7 heteroatoms. The van der Waals surface area contributed by atoms with Gasteiger partial charge < -0.3 is 15.2 Å². The summed E-state index contributed by atoms with van der Waals surface area (Å²) in [5.41, 5.74) is 5.59. The number of thiazole rings is 1. The summed E-state index contributed by atoms with van der Waals surface area (Å²) in [5.74, 6) is 0.622. The van der Waals surface area contributed by atoms with Crippen molar-refractivity contribution in [3.63, 3.8) is 0 Å². The van der Waals surface area contributed by atoms with Crippen molar-refractivity contribution < 1.29 is 14.6 Å². The summed E-state index contributed by atoms with van der Waals surface area (Å²) in [7, 11) is 2.02. The summed E-state index contributed by atoms with van der Waals surface area (Å²) in [4.78, 5) is 14.2. The first-order valence-corrected chi connectivity index (χ1v) is 10.9. The molecule has 31 heavy (non-hydrogen) atoms.